The van der Waals surface area contributed by atoms with E-state index in [9.17, 15) is 4.79 Å². The molecule has 1 aliphatic rings. The van der Waals surface area contributed by atoms with E-state index < -0.39 is 0 Å². The molecule has 5 heteroatoms. The molecular weight excluding hydrogens is 390 g/mol. The molecule has 0 aliphatic heterocycles. The molecule has 0 heterocycles. The third kappa shape index (κ3) is 8.35. The summed E-state index contributed by atoms with van der Waals surface area (Å²) in [6.07, 6.45) is 5.32. The van der Waals surface area contributed by atoms with Crippen LogP contribution in [0.3, 0.4) is 0 Å². The van der Waals surface area contributed by atoms with E-state index in [2.05, 4.69) is 61.0 Å². The predicted octanol–water partition coefficient (Wildman–Crippen LogP) is 4.97. The smallest absolute Gasteiger partial charge is 0.224 e. The molecule has 3 atom stereocenters. The molecule has 1 fully saturated rings. The molecule has 1 aromatic rings. The van der Waals surface area contributed by atoms with Gasteiger partial charge in [0.25, 0.3) is 0 Å². The first-order chi connectivity index (χ1) is 14.0. The molecule has 1 amide bonds. The molecule has 2 rings (SSSR count). The number of thiocarbonyl (C=S) groups is 1. The van der Waals surface area contributed by atoms with Gasteiger partial charge < -0.3 is 16.0 Å². The van der Waals surface area contributed by atoms with Crippen LogP contribution in [0.2, 0.25) is 0 Å². The van der Waals surface area contributed by atoms with E-state index in [1.807, 2.05) is 26.8 Å². The Labute approximate surface area is 189 Å². The molecule has 1 saturated carbocycles. The Kier molecular flexibility index (Phi) is 8.86. The first kappa shape index (κ1) is 24.8. The molecule has 0 saturated heterocycles. The van der Waals surface area contributed by atoms with Crippen molar-refractivity contribution in [3.63, 3.8) is 0 Å². The van der Waals surface area contributed by atoms with Crippen molar-refractivity contribution >= 4 is 23.1 Å². The second-order valence-electron chi connectivity index (χ2n) is 10.8. The maximum Gasteiger partial charge on any atom is 0.224 e. The van der Waals surface area contributed by atoms with Crippen LogP contribution in [0.5, 0.6) is 0 Å². The highest BCUT2D eigenvalue weighted by Gasteiger charge is 2.34. The van der Waals surface area contributed by atoms with E-state index in [4.69, 9.17) is 12.2 Å². The molecule has 0 radical (unpaired) electrons. The van der Waals surface area contributed by atoms with Crippen LogP contribution < -0.4 is 16.0 Å². The molecule has 3 N–H and O–H groups in total. The number of nitrogens with one attached hydrogen (secondary N) is 3. The second-order valence-corrected chi connectivity index (χ2v) is 11.3. The molecule has 0 aromatic heterocycles. The van der Waals surface area contributed by atoms with Crippen LogP contribution in [0.25, 0.3) is 0 Å². The Balaban J connectivity index is 1.97. The van der Waals surface area contributed by atoms with Gasteiger partial charge in [-0.2, -0.15) is 0 Å². The fraction of sp³-hybridized carbons (Fsp3) is 0.680. The van der Waals surface area contributed by atoms with Gasteiger partial charge in [-0.25, -0.2) is 0 Å². The Hall–Kier alpha value is -1.46. The quantitative estimate of drug-likeness (QED) is 0.534. The summed E-state index contributed by atoms with van der Waals surface area (Å²) in [4.78, 5) is 13.7. The zero-order valence-electron chi connectivity index (χ0n) is 19.7. The lowest BCUT2D eigenvalue weighted by Crippen LogP contribution is -2.52. The number of hydrogen-bond donors (Lipinski definition) is 3. The summed E-state index contributed by atoms with van der Waals surface area (Å²) < 4.78 is 0. The summed E-state index contributed by atoms with van der Waals surface area (Å²) in [6.45, 7) is 13.3. The SMILES string of the molecule is CC(C)(C)NC(=O)[C@@H](CC(=S)NC1CCCC[C@@H]1NCc1ccccc1)C(C)(C)C. The highest BCUT2D eigenvalue weighted by Crippen LogP contribution is 2.30. The van der Waals surface area contributed by atoms with Crippen LogP contribution in [0.15, 0.2) is 30.3 Å². The summed E-state index contributed by atoms with van der Waals surface area (Å²) in [5.41, 5.74) is 0.903. The minimum absolute atomic E-state index is 0.0848. The Bertz CT molecular complexity index is 691. The summed E-state index contributed by atoms with van der Waals surface area (Å²) in [5, 5.41) is 10.5. The molecule has 0 spiro atoms. The summed E-state index contributed by atoms with van der Waals surface area (Å²) in [7, 11) is 0. The lowest BCUT2D eigenvalue weighted by molar-refractivity contribution is -0.129. The van der Waals surface area contributed by atoms with Crippen molar-refractivity contribution in [1.82, 2.24) is 16.0 Å². The van der Waals surface area contributed by atoms with E-state index in [1.54, 1.807) is 0 Å². The van der Waals surface area contributed by atoms with Gasteiger partial charge in [-0.1, -0.05) is 76.2 Å². The van der Waals surface area contributed by atoms with Crippen molar-refractivity contribution in [2.24, 2.45) is 11.3 Å². The fourth-order valence-corrected chi connectivity index (χ4v) is 4.41. The Morgan fingerprint density at radius 2 is 1.63 bits per heavy atom. The molecule has 168 valence electrons. The van der Waals surface area contributed by atoms with Crippen LogP contribution in [0, 0.1) is 11.3 Å². The van der Waals surface area contributed by atoms with Crippen molar-refractivity contribution in [3.8, 4) is 0 Å². The lowest BCUT2D eigenvalue weighted by Gasteiger charge is -2.36. The number of rotatable bonds is 7. The van der Waals surface area contributed by atoms with Gasteiger partial charge in [-0.15, -0.1) is 0 Å². The topological polar surface area (TPSA) is 53.2 Å². The Morgan fingerprint density at radius 3 is 2.20 bits per heavy atom. The normalized spacial score (nSPS) is 21.0. The third-order valence-electron chi connectivity index (χ3n) is 5.77. The van der Waals surface area contributed by atoms with E-state index in [1.165, 1.54) is 18.4 Å². The Morgan fingerprint density at radius 1 is 1.03 bits per heavy atom. The maximum atomic E-state index is 12.9. The van der Waals surface area contributed by atoms with Gasteiger partial charge >= 0.3 is 0 Å². The third-order valence-corrected chi connectivity index (χ3v) is 6.06. The van der Waals surface area contributed by atoms with Crippen molar-refractivity contribution in [3.05, 3.63) is 35.9 Å². The monoisotopic (exact) mass is 431 g/mol. The number of amides is 1. The number of carbonyl (C=O) groups is 1. The van der Waals surface area contributed by atoms with Crippen molar-refractivity contribution in [2.45, 2.75) is 97.8 Å². The van der Waals surface area contributed by atoms with E-state index in [-0.39, 0.29) is 22.8 Å². The fourth-order valence-electron chi connectivity index (χ4n) is 4.09. The van der Waals surface area contributed by atoms with Crippen LogP contribution in [-0.4, -0.2) is 28.5 Å². The molecule has 1 aliphatic carbocycles. The number of hydrogen-bond acceptors (Lipinski definition) is 3. The van der Waals surface area contributed by atoms with Gasteiger partial charge in [0.15, 0.2) is 0 Å². The summed E-state index contributed by atoms with van der Waals surface area (Å²) in [5.74, 6) is -0.0717. The van der Waals surface area contributed by atoms with Gasteiger partial charge in [0.1, 0.15) is 0 Å². The second kappa shape index (κ2) is 10.7. The van der Waals surface area contributed by atoms with Crippen LogP contribution in [0.1, 0.15) is 79.2 Å². The predicted molar refractivity (Wildman–Crippen MR) is 131 cm³/mol. The number of benzene rings is 1. The van der Waals surface area contributed by atoms with E-state index in [0.29, 0.717) is 18.5 Å². The largest absolute Gasteiger partial charge is 0.375 e. The average Bonchev–Trinajstić information content (AvgIpc) is 2.64. The van der Waals surface area contributed by atoms with Crippen LogP contribution >= 0.6 is 12.2 Å². The molecule has 4 nitrogen and oxygen atoms in total. The van der Waals surface area contributed by atoms with Gasteiger partial charge in [0.05, 0.1) is 4.99 Å². The van der Waals surface area contributed by atoms with Gasteiger partial charge in [-0.3, -0.25) is 4.79 Å². The highest BCUT2D eigenvalue weighted by molar-refractivity contribution is 7.80. The minimum atomic E-state index is -0.245. The van der Waals surface area contributed by atoms with Crippen molar-refractivity contribution in [1.29, 1.82) is 0 Å². The molecule has 0 bridgehead atoms. The standard InChI is InChI=1S/C25H41N3OS/c1-24(2,3)19(23(29)28-25(4,5)6)16-22(30)27-21-15-11-10-14-20(21)26-17-18-12-8-7-9-13-18/h7-9,12-13,19-21,26H,10-11,14-17H2,1-6H3,(H,27,30)(H,28,29)/t19-,20+,21?/m1/s1. The molecule has 1 aromatic carbocycles. The van der Waals surface area contributed by atoms with E-state index in [0.717, 1.165) is 24.4 Å². The average molecular weight is 432 g/mol. The summed E-state index contributed by atoms with van der Waals surface area (Å²) in [6, 6.07) is 11.2. The maximum absolute atomic E-state index is 12.9. The van der Waals surface area contributed by atoms with Gasteiger partial charge in [0, 0.05) is 36.5 Å². The van der Waals surface area contributed by atoms with Crippen molar-refractivity contribution < 1.29 is 4.79 Å². The van der Waals surface area contributed by atoms with Crippen molar-refractivity contribution in [2.75, 3.05) is 0 Å². The zero-order chi connectivity index (χ0) is 22.4. The van der Waals surface area contributed by atoms with Crippen LogP contribution in [-0.2, 0) is 11.3 Å². The first-order valence-electron chi connectivity index (χ1n) is 11.3. The zero-order valence-corrected chi connectivity index (χ0v) is 20.5. The molecule has 30 heavy (non-hydrogen) atoms. The summed E-state index contributed by atoms with van der Waals surface area (Å²) >= 11 is 5.75. The van der Waals surface area contributed by atoms with Gasteiger partial charge in [-0.05, 0) is 44.6 Å². The molecular formula is C25H41N3OS. The van der Waals surface area contributed by atoms with Gasteiger partial charge in [0.2, 0.25) is 5.91 Å². The minimum Gasteiger partial charge on any atom is -0.375 e. The first-order valence-corrected chi connectivity index (χ1v) is 11.8. The molecule has 1 unspecified atom stereocenters. The lowest BCUT2D eigenvalue weighted by atomic mass is 9.77. The van der Waals surface area contributed by atoms with E-state index >= 15 is 0 Å². The number of carbonyl (C=O) groups excluding carboxylic acids is 1. The van der Waals surface area contributed by atoms with Crippen LogP contribution in [0.4, 0.5) is 0 Å². The highest BCUT2D eigenvalue weighted by atomic mass is 32.1.